The molecule has 1 aromatic carbocycles. The molecule has 2 aromatic heterocycles. The van der Waals surface area contributed by atoms with Crippen LogP contribution < -0.4 is 4.74 Å². The van der Waals surface area contributed by atoms with Crippen LogP contribution in [0.3, 0.4) is 0 Å². The summed E-state index contributed by atoms with van der Waals surface area (Å²) in [6, 6.07) is 8.63. The number of aromatic nitrogens is 2. The summed E-state index contributed by atoms with van der Waals surface area (Å²) < 4.78 is 40.8. The van der Waals surface area contributed by atoms with Gasteiger partial charge in [-0.1, -0.05) is 17.8 Å². The fourth-order valence-corrected chi connectivity index (χ4v) is 3.16. The summed E-state index contributed by atoms with van der Waals surface area (Å²) in [6.07, 6.45) is -3.28. The van der Waals surface area contributed by atoms with Gasteiger partial charge in [0.1, 0.15) is 17.0 Å². The van der Waals surface area contributed by atoms with E-state index in [9.17, 15) is 23.1 Å². The lowest BCUT2D eigenvalue weighted by Crippen LogP contribution is -2.17. The van der Waals surface area contributed by atoms with Crippen molar-refractivity contribution in [1.29, 1.82) is 0 Å². The molecule has 0 fully saturated rings. The predicted octanol–water partition coefficient (Wildman–Crippen LogP) is 4.31. The van der Waals surface area contributed by atoms with Crippen molar-refractivity contribution in [2.75, 3.05) is 0 Å². The lowest BCUT2D eigenvalue weighted by atomic mass is 10.3. The molecule has 0 aliphatic heterocycles. The topological polar surface area (TPSA) is 75.2 Å². The molecule has 2 heterocycles. The Kier molecular flexibility index (Phi) is 4.10. The maximum absolute atomic E-state index is 12.3. The Morgan fingerprint density at radius 2 is 2.04 bits per heavy atom. The number of rotatable bonds is 4. The van der Waals surface area contributed by atoms with Gasteiger partial charge < -0.3 is 14.8 Å². The van der Waals surface area contributed by atoms with Gasteiger partial charge in [-0.3, -0.25) is 4.98 Å². The molecule has 0 saturated heterocycles. The van der Waals surface area contributed by atoms with E-state index in [1.807, 2.05) is 0 Å². The number of carboxylic acids is 1. The number of pyridine rings is 1. The maximum atomic E-state index is 12.3. The maximum Gasteiger partial charge on any atom is 0.573 e. The highest BCUT2D eigenvalue weighted by molar-refractivity contribution is 7.99. The summed E-state index contributed by atoms with van der Waals surface area (Å²) in [5, 5.41) is 9.31. The normalized spacial score (nSPS) is 11.6. The van der Waals surface area contributed by atoms with Gasteiger partial charge in [0.2, 0.25) is 0 Å². The van der Waals surface area contributed by atoms with Crippen molar-refractivity contribution >= 4 is 28.8 Å². The summed E-state index contributed by atoms with van der Waals surface area (Å²) in [5.74, 6) is -1.56. The first-order chi connectivity index (χ1) is 11.3. The van der Waals surface area contributed by atoms with Crippen LogP contribution in [-0.2, 0) is 0 Å². The Hall–Kier alpha value is -2.68. The predicted molar refractivity (Wildman–Crippen MR) is 80.3 cm³/mol. The fourth-order valence-electron chi connectivity index (χ4n) is 2.10. The van der Waals surface area contributed by atoms with Crippen molar-refractivity contribution in [3.63, 3.8) is 0 Å². The molecule has 0 atom stereocenters. The number of aromatic amines is 1. The summed E-state index contributed by atoms with van der Waals surface area (Å²) >= 11 is 0.997. The van der Waals surface area contributed by atoms with E-state index < -0.39 is 12.3 Å². The SMILES string of the molecule is O=C(O)c1[nH]c2cccnc2c1Sc1cccc(OC(F)(F)F)c1. The third-order valence-corrected chi connectivity index (χ3v) is 4.07. The van der Waals surface area contributed by atoms with Gasteiger partial charge in [-0.2, -0.15) is 0 Å². The van der Waals surface area contributed by atoms with Crippen LogP contribution in [0.4, 0.5) is 13.2 Å². The molecular weight excluding hydrogens is 345 g/mol. The monoisotopic (exact) mass is 354 g/mol. The number of halogens is 3. The number of H-pyrrole nitrogens is 1. The molecule has 0 unspecified atom stereocenters. The highest BCUT2D eigenvalue weighted by Crippen LogP contribution is 2.37. The molecule has 0 bridgehead atoms. The third-order valence-electron chi connectivity index (χ3n) is 2.98. The molecule has 2 N–H and O–H groups in total. The summed E-state index contributed by atoms with van der Waals surface area (Å²) in [5.41, 5.74) is 0.887. The lowest BCUT2D eigenvalue weighted by molar-refractivity contribution is -0.274. The van der Waals surface area contributed by atoms with Crippen molar-refractivity contribution < 1.29 is 27.8 Å². The van der Waals surface area contributed by atoms with E-state index in [-0.39, 0.29) is 11.4 Å². The van der Waals surface area contributed by atoms with Crippen molar-refractivity contribution in [1.82, 2.24) is 9.97 Å². The average molecular weight is 354 g/mol. The summed E-state index contributed by atoms with van der Waals surface area (Å²) in [7, 11) is 0. The molecule has 0 aliphatic carbocycles. The first-order valence-corrected chi connectivity index (χ1v) is 7.39. The highest BCUT2D eigenvalue weighted by atomic mass is 32.2. The highest BCUT2D eigenvalue weighted by Gasteiger charge is 2.31. The van der Waals surface area contributed by atoms with Crippen molar-refractivity contribution in [2.24, 2.45) is 0 Å². The molecule has 3 aromatic rings. The molecule has 124 valence electrons. The number of hydrogen-bond acceptors (Lipinski definition) is 4. The Balaban J connectivity index is 1.99. The second-order valence-electron chi connectivity index (χ2n) is 4.66. The van der Waals surface area contributed by atoms with E-state index in [1.165, 1.54) is 24.4 Å². The molecule has 3 rings (SSSR count). The number of nitrogens with zero attached hydrogens (tertiary/aromatic N) is 1. The van der Waals surface area contributed by atoms with Gasteiger partial charge in [-0.15, -0.1) is 13.2 Å². The molecule has 9 heteroatoms. The number of alkyl halides is 3. The largest absolute Gasteiger partial charge is 0.573 e. The van der Waals surface area contributed by atoms with Crippen LogP contribution in [0.5, 0.6) is 5.75 Å². The lowest BCUT2D eigenvalue weighted by Gasteiger charge is -2.09. The smallest absolute Gasteiger partial charge is 0.477 e. The molecule has 0 amide bonds. The molecule has 0 radical (unpaired) electrons. The van der Waals surface area contributed by atoms with Crippen molar-refractivity contribution in [2.45, 2.75) is 16.2 Å². The van der Waals surface area contributed by atoms with Crippen LogP contribution in [0, 0.1) is 0 Å². The van der Waals surface area contributed by atoms with Crippen LogP contribution in [0.15, 0.2) is 52.4 Å². The average Bonchev–Trinajstić information content (AvgIpc) is 2.85. The quantitative estimate of drug-likeness (QED) is 0.730. The van der Waals surface area contributed by atoms with Gasteiger partial charge in [0.15, 0.2) is 0 Å². The van der Waals surface area contributed by atoms with Gasteiger partial charge in [0.05, 0.1) is 10.4 Å². The molecule has 0 spiro atoms. The number of carboxylic acid groups (broad SMARTS) is 1. The number of ether oxygens (including phenoxy) is 1. The molecule has 5 nitrogen and oxygen atoms in total. The van der Waals surface area contributed by atoms with E-state index in [0.29, 0.717) is 20.8 Å². The number of benzene rings is 1. The van der Waals surface area contributed by atoms with Gasteiger partial charge in [-0.25, -0.2) is 4.79 Å². The van der Waals surface area contributed by atoms with E-state index >= 15 is 0 Å². The first-order valence-electron chi connectivity index (χ1n) is 6.57. The molecule has 0 aliphatic rings. The number of carbonyl (C=O) groups is 1. The number of fused-ring (bicyclic) bond motifs is 1. The Labute approximate surface area is 137 Å². The number of nitrogens with one attached hydrogen (secondary N) is 1. The van der Waals surface area contributed by atoms with Crippen LogP contribution in [0.25, 0.3) is 11.0 Å². The minimum Gasteiger partial charge on any atom is -0.477 e. The van der Waals surface area contributed by atoms with Crippen LogP contribution in [0.2, 0.25) is 0 Å². The van der Waals surface area contributed by atoms with Gasteiger partial charge in [0, 0.05) is 11.1 Å². The van der Waals surface area contributed by atoms with Crippen molar-refractivity contribution in [3.8, 4) is 5.75 Å². The Morgan fingerprint density at radius 1 is 1.25 bits per heavy atom. The third kappa shape index (κ3) is 3.46. The summed E-state index contributed by atoms with van der Waals surface area (Å²) in [4.78, 5) is 19.0. The van der Waals surface area contributed by atoms with Crippen LogP contribution in [0.1, 0.15) is 10.5 Å². The second kappa shape index (κ2) is 6.08. The van der Waals surface area contributed by atoms with Gasteiger partial charge in [0.25, 0.3) is 0 Å². The van der Waals surface area contributed by atoms with E-state index in [0.717, 1.165) is 11.8 Å². The number of hydrogen-bond donors (Lipinski definition) is 2. The Morgan fingerprint density at radius 3 is 2.75 bits per heavy atom. The van der Waals surface area contributed by atoms with Crippen molar-refractivity contribution in [3.05, 3.63) is 48.3 Å². The van der Waals surface area contributed by atoms with Gasteiger partial charge in [-0.05, 0) is 30.3 Å². The van der Waals surface area contributed by atoms with Crippen LogP contribution >= 0.6 is 11.8 Å². The zero-order chi connectivity index (χ0) is 17.3. The zero-order valence-electron chi connectivity index (χ0n) is 11.8. The zero-order valence-corrected chi connectivity index (χ0v) is 12.6. The van der Waals surface area contributed by atoms with Crippen LogP contribution in [-0.4, -0.2) is 27.4 Å². The molecule has 24 heavy (non-hydrogen) atoms. The first kappa shape index (κ1) is 16.2. The standard InChI is InChI=1S/C15H9F3N2O3S/c16-15(17,18)23-8-3-1-4-9(7-8)24-13-11-10(5-2-6-19-11)20-12(13)14(21)22/h1-7,20H,(H,21,22). The molecular formula is C15H9F3N2O3S. The Bertz CT molecular complexity index is 908. The minimum absolute atomic E-state index is 0.0733. The summed E-state index contributed by atoms with van der Waals surface area (Å²) in [6.45, 7) is 0. The van der Waals surface area contributed by atoms with E-state index in [2.05, 4.69) is 14.7 Å². The molecule has 0 saturated carbocycles. The van der Waals surface area contributed by atoms with E-state index in [4.69, 9.17) is 0 Å². The van der Waals surface area contributed by atoms with E-state index in [1.54, 1.807) is 18.2 Å². The fraction of sp³-hybridized carbons (Fsp3) is 0.0667. The minimum atomic E-state index is -4.79. The number of aromatic carboxylic acids is 1. The van der Waals surface area contributed by atoms with Gasteiger partial charge >= 0.3 is 12.3 Å². The second-order valence-corrected chi connectivity index (χ2v) is 5.74.